The van der Waals surface area contributed by atoms with Crippen LogP contribution in [0, 0.1) is 5.92 Å². The number of hydrogen-bond acceptors (Lipinski definition) is 8. The summed E-state index contributed by atoms with van der Waals surface area (Å²) in [7, 11) is 2.08. The van der Waals surface area contributed by atoms with Crippen LogP contribution in [-0.2, 0) is 20.9 Å². The van der Waals surface area contributed by atoms with Crippen molar-refractivity contribution < 1.29 is 29.0 Å². The van der Waals surface area contributed by atoms with Crippen LogP contribution in [0.15, 0.2) is 72.8 Å². The number of fused-ring (bicyclic) bond motifs is 1. The maximum absolute atomic E-state index is 14.4. The maximum Gasteiger partial charge on any atom is 0.258 e. The van der Waals surface area contributed by atoms with E-state index in [-0.39, 0.29) is 48.9 Å². The van der Waals surface area contributed by atoms with Crippen molar-refractivity contribution >= 4 is 34.8 Å². The van der Waals surface area contributed by atoms with E-state index in [1.54, 1.807) is 35.2 Å². The molecule has 5 N–H and O–H groups in total. The van der Waals surface area contributed by atoms with Crippen LogP contribution in [-0.4, -0.2) is 84.2 Å². The van der Waals surface area contributed by atoms with Gasteiger partial charge in [0.1, 0.15) is 5.75 Å². The summed E-state index contributed by atoms with van der Waals surface area (Å²) in [6.07, 6.45) is 4.89. The Balaban J connectivity index is 1.42. The van der Waals surface area contributed by atoms with Gasteiger partial charge < -0.3 is 35.8 Å². The fourth-order valence-electron chi connectivity index (χ4n) is 6.52. The summed E-state index contributed by atoms with van der Waals surface area (Å²) in [6.45, 7) is 8.17. The molecule has 1 aliphatic heterocycles. The molecule has 0 aliphatic carbocycles. The van der Waals surface area contributed by atoms with Crippen LogP contribution < -0.4 is 21.1 Å². The van der Waals surface area contributed by atoms with E-state index in [2.05, 4.69) is 41.6 Å². The number of aliphatic hydroxyl groups is 1. The number of para-hydroxylation sites is 2. The summed E-state index contributed by atoms with van der Waals surface area (Å²) >= 11 is 0. The molecule has 1 heterocycles. The van der Waals surface area contributed by atoms with E-state index >= 15 is 0 Å². The molecule has 0 spiro atoms. The molecule has 0 saturated heterocycles. The lowest BCUT2D eigenvalue weighted by molar-refractivity contribution is -0.116. The number of rotatable bonds is 14. The second-order valence-electron chi connectivity index (χ2n) is 14.4. The standard InChI is InChI=1S/C42H59N5O6/c1-30-26-47(31(2)29-48)42(51)35-25-34(44-40(49)20-9-6-10-21-41(50)45-37-19-12-11-18-36(37)43)22-23-38(35)53-32(3)15-13-14-24-52-39(30)28-46(4)27-33-16-7-5-8-17-33/h5,7-8,11-12,16-19,22-23,25,30-32,39,48H,6,9-10,13-15,20-21,24,26-29,43H2,1-4H3,(H,44,49)(H,45,50)/t30-,31+,32+,39-/m0/s1. The van der Waals surface area contributed by atoms with Crippen molar-refractivity contribution in [3.63, 3.8) is 0 Å². The highest BCUT2D eigenvalue weighted by Crippen LogP contribution is 2.29. The minimum atomic E-state index is -0.462. The molecule has 4 rings (SSSR count). The monoisotopic (exact) mass is 729 g/mol. The Kier molecular flexibility index (Phi) is 16.6. The molecular formula is C42H59N5O6. The van der Waals surface area contributed by atoms with Gasteiger partial charge in [-0.15, -0.1) is 0 Å². The normalized spacial score (nSPS) is 19.1. The highest BCUT2D eigenvalue weighted by Gasteiger charge is 2.30. The lowest BCUT2D eigenvalue weighted by Gasteiger charge is -2.36. The fourth-order valence-corrected chi connectivity index (χ4v) is 6.52. The molecule has 0 radical (unpaired) electrons. The molecule has 0 aromatic heterocycles. The van der Waals surface area contributed by atoms with Crippen LogP contribution in [0.5, 0.6) is 5.75 Å². The molecular weight excluding hydrogens is 670 g/mol. The van der Waals surface area contributed by atoms with Gasteiger partial charge in [0.15, 0.2) is 0 Å². The van der Waals surface area contributed by atoms with Gasteiger partial charge in [-0.1, -0.05) is 55.8 Å². The number of unbranched alkanes of at least 4 members (excludes halogenated alkanes) is 2. The number of nitrogen functional groups attached to an aromatic ring is 1. The Morgan fingerprint density at radius 1 is 0.962 bits per heavy atom. The molecule has 3 amide bonds. The predicted molar refractivity (Wildman–Crippen MR) is 211 cm³/mol. The first kappa shape index (κ1) is 41.3. The van der Waals surface area contributed by atoms with Crippen LogP contribution >= 0.6 is 0 Å². The summed E-state index contributed by atoms with van der Waals surface area (Å²) in [5.41, 5.74) is 9.07. The van der Waals surface area contributed by atoms with Gasteiger partial charge in [0.2, 0.25) is 11.8 Å². The van der Waals surface area contributed by atoms with Crippen molar-refractivity contribution in [1.29, 1.82) is 0 Å². The third kappa shape index (κ3) is 13.5. The number of ether oxygens (including phenoxy) is 2. The summed E-state index contributed by atoms with van der Waals surface area (Å²) in [5, 5.41) is 16.1. The van der Waals surface area contributed by atoms with Gasteiger partial charge in [0.05, 0.1) is 41.8 Å². The third-order valence-electron chi connectivity index (χ3n) is 9.66. The molecule has 0 fully saturated rings. The Labute approximate surface area is 315 Å². The number of benzene rings is 3. The number of aliphatic hydroxyl groups excluding tert-OH is 1. The Bertz CT molecular complexity index is 1600. The van der Waals surface area contributed by atoms with E-state index in [1.165, 1.54) is 5.56 Å². The van der Waals surface area contributed by atoms with Crippen molar-refractivity contribution in [2.75, 3.05) is 49.7 Å². The van der Waals surface area contributed by atoms with Gasteiger partial charge in [0, 0.05) is 50.7 Å². The minimum Gasteiger partial charge on any atom is -0.490 e. The van der Waals surface area contributed by atoms with Crippen LogP contribution in [0.3, 0.4) is 0 Å². The predicted octanol–water partition coefficient (Wildman–Crippen LogP) is 6.72. The van der Waals surface area contributed by atoms with E-state index in [9.17, 15) is 19.5 Å². The SMILES string of the molecule is C[C@@H]1CCCCO[C@@H](CN(C)Cc2ccccc2)[C@@H](C)CN([C@H](C)CO)C(=O)c2cc(NC(=O)CCCCCC(=O)Nc3ccccc3N)ccc2O1. The van der Waals surface area contributed by atoms with Gasteiger partial charge >= 0.3 is 0 Å². The number of amides is 3. The van der Waals surface area contributed by atoms with E-state index in [0.29, 0.717) is 73.8 Å². The molecule has 1 aliphatic rings. The zero-order valence-electron chi connectivity index (χ0n) is 31.9. The maximum atomic E-state index is 14.4. The molecule has 11 heteroatoms. The van der Waals surface area contributed by atoms with Gasteiger partial charge in [-0.3, -0.25) is 19.3 Å². The summed E-state index contributed by atoms with van der Waals surface area (Å²) < 4.78 is 12.8. The Morgan fingerprint density at radius 3 is 2.38 bits per heavy atom. The fraction of sp³-hybridized carbons (Fsp3) is 0.500. The number of nitrogens with one attached hydrogen (secondary N) is 2. The zero-order chi connectivity index (χ0) is 38.2. The van der Waals surface area contributed by atoms with E-state index in [0.717, 1.165) is 25.8 Å². The number of likely N-dealkylation sites (N-methyl/N-ethyl adjacent to an activating group) is 1. The highest BCUT2D eigenvalue weighted by atomic mass is 16.5. The van der Waals surface area contributed by atoms with Gasteiger partial charge in [-0.25, -0.2) is 0 Å². The van der Waals surface area contributed by atoms with Crippen LogP contribution in [0.2, 0.25) is 0 Å². The zero-order valence-corrected chi connectivity index (χ0v) is 31.9. The van der Waals surface area contributed by atoms with Gasteiger partial charge in [-0.2, -0.15) is 0 Å². The Hall–Kier alpha value is -4.45. The number of carbonyl (C=O) groups is 3. The lowest BCUT2D eigenvalue weighted by atomic mass is 10.0. The summed E-state index contributed by atoms with van der Waals surface area (Å²) in [4.78, 5) is 43.7. The summed E-state index contributed by atoms with van der Waals surface area (Å²) in [5.74, 6) is -0.159. The second kappa shape index (κ2) is 21.3. The molecule has 3 aromatic carbocycles. The van der Waals surface area contributed by atoms with Gasteiger partial charge in [-0.05, 0) is 88.9 Å². The lowest BCUT2D eigenvalue weighted by Crippen LogP contribution is -2.47. The van der Waals surface area contributed by atoms with Crippen molar-refractivity contribution in [2.45, 2.75) is 96.9 Å². The molecule has 4 atom stereocenters. The summed E-state index contributed by atoms with van der Waals surface area (Å²) in [6, 6.07) is 22.2. The van der Waals surface area contributed by atoms with Crippen LogP contribution in [0.25, 0.3) is 0 Å². The number of hydrogen-bond donors (Lipinski definition) is 4. The van der Waals surface area contributed by atoms with E-state index in [4.69, 9.17) is 15.2 Å². The number of carbonyl (C=O) groups excluding carboxylic acids is 3. The molecule has 11 nitrogen and oxygen atoms in total. The highest BCUT2D eigenvalue weighted by molar-refractivity contribution is 6.00. The number of nitrogens with two attached hydrogens (primary N) is 1. The Morgan fingerprint density at radius 2 is 1.66 bits per heavy atom. The molecule has 53 heavy (non-hydrogen) atoms. The molecule has 3 aromatic rings. The average Bonchev–Trinajstić information content (AvgIpc) is 3.14. The quantitative estimate of drug-likeness (QED) is 0.106. The second-order valence-corrected chi connectivity index (χ2v) is 14.4. The largest absolute Gasteiger partial charge is 0.490 e. The van der Waals surface area contributed by atoms with Crippen LogP contribution in [0.4, 0.5) is 17.1 Å². The van der Waals surface area contributed by atoms with E-state index in [1.807, 2.05) is 44.2 Å². The number of anilines is 3. The third-order valence-corrected chi connectivity index (χ3v) is 9.66. The first-order valence-electron chi connectivity index (χ1n) is 19.0. The van der Waals surface area contributed by atoms with Gasteiger partial charge in [0.25, 0.3) is 5.91 Å². The molecule has 0 saturated carbocycles. The number of nitrogens with zero attached hydrogens (tertiary/aromatic N) is 2. The molecule has 0 unspecified atom stereocenters. The molecule has 0 bridgehead atoms. The topological polar surface area (TPSA) is 146 Å². The average molecular weight is 730 g/mol. The van der Waals surface area contributed by atoms with Crippen molar-refractivity contribution in [3.8, 4) is 5.75 Å². The van der Waals surface area contributed by atoms with Crippen LogP contribution in [0.1, 0.15) is 88.1 Å². The first-order chi connectivity index (χ1) is 25.5. The smallest absolute Gasteiger partial charge is 0.258 e. The van der Waals surface area contributed by atoms with E-state index < -0.39 is 6.04 Å². The van der Waals surface area contributed by atoms with Crippen molar-refractivity contribution in [2.24, 2.45) is 5.92 Å². The minimum absolute atomic E-state index is 0.0390. The van der Waals surface area contributed by atoms with Crippen molar-refractivity contribution in [1.82, 2.24) is 9.80 Å². The molecule has 288 valence electrons. The first-order valence-corrected chi connectivity index (χ1v) is 19.0. The van der Waals surface area contributed by atoms with Crippen molar-refractivity contribution in [3.05, 3.63) is 83.9 Å².